The van der Waals surface area contributed by atoms with Gasteiger partial charge in [0.05, 0.1) is 23.8 Å². The molecule has 0 bridgehead atoms. The molecule has 172 valence electrons. The molecule has 0 aliphatic carbocycles. The van der Waals surface area contributed by atoms with Crippen molar-refractivity contribution in [3.05, 3.63) is 58.0 Å². The van der Waals surface area contributed by atoms with E-state index in [2.05, 4.69) is 21.1 Å². The summed E-state index contributed by atoms with van der Waals surface area (Å²) in [7, 11) is 0. The highest BCUT2D eigenvalue weighted by Crippen LogP contribution is 2.37. The van der Waals surface area contributed by atoms with Crippen LogP contribution in [0.4, 0.5) is 5.82 Å². The number of rotatable bonds is 8. The van der Waals surface area contributed by atoms with Crippen molar-refractivity contribution in [2.45, 2.75) is 32.9 Å². The van der Waals surface area contributed by atoms with Crippen molar-refractivity contribution in [2.75, 3.05) is 25.4 Å². The number of pyridine rings is 1. The summed E-state index contributed by atoms with van der Waals surface area (Å²) in [6.45, 7) is 7.08. The largest absolute Gasteiger partial charge is 0.482 e. The van der Waals surface area contributed by atoms with E-state index in [0.717, 1.165) is 48.3 Å². The maximum absolute atomic E-state index is 8.77. The second-order valence-electron chi connectivity index (χ2n) is 8.32. The van der Waals surface area contributed by atoms with E-state index in [-0.39, 0.29) is 0 Å². The number of benzene rings is 1. The molecule has 1 atom stereocenters. The minimum absolute atomic E-state index is 0.295. The summed E-state index contributed by atoms with van der Waals surface area (Å²) in [6.07, 6.45) is 5.91. The Morgan fingerprint density at radius 1 is 1.27 bits per heavy atom. The van der Waals surface area contributed by atoms with Crippen molar-refractivity contribution in [3.8, 4) is 22.9 Å². The lowest BCUT2D eigenvalue weighted by Crippen LogP contribution is -2.48. The van der Waals surface area contributed by atoms with Gasteiger partial charge in [0.25, 0.3) is 0 Å². The quantitative estimate of drug-likeness (QED) is 0.452. The second-order valence-corrected chi connectivity index (χ2v) is 9.11. The summed E-state index contributed by atoms with van der Waals surface area (Å²) >= 11 is 13.0. The highest BCUT2D eigenvalue weighted by molar-refractivity contribution is 6.36. The van der Waals surface area contributed by atoms with Gasteiger partial charge in [-0.05, 0) is 31.0 Å². The van der Waals surface area contributed by atoms with E-state index < -0.39 is 6.10 Å². The molecular weight excluding hydrogens is 459 g/mol. The number of hydrogen-bond acceptors (Lipinski definition) is 6. The number of likely N-dealkylation sites (tertiary alicyclic amines) is 1. The summed E-state index contributed by atoms with van der Waals surface area (Å²) in [4.78, 5) is 6.44. The first-order valence-electron chi connectivity index (χ1n) is 10.9. The summed E-state index contributed by atoms with van der Waals surface area (Å²) in [5.41, 5.74) is 9.65. The van der Waals surface area contributed by atoms with Crippen molar-refractivity contribution in [1.29, 1.82) is 5.26 Å². The second kappa shape index (κ2) is 10.0. The molecule has 4 rings (SSSR count). The fourth-order valence-electron chi connectivity index (χ4n) is 4.12. The van der Waals surface area contributed by atoms with E-state index in [9.17, 15) is 0 Å². The number of hydrogen-bond donors (Lipinski definition) is 1. The predicted octanol–water partition coefficient (Wildman–Crippen LogP) is 4.99. The highest BCUT2D eigenvalue weighted by Gasteiger charge is 2.26. The first-order chi connectivity index (χ1) is 15.9. The Labute approximate surface area is 203 Å². The van der Waals surface area contributed by atoms with Crippen LogP contribution >= 0.6 is 23.2 Å². The van der Waals surface area contributed by atoms with Crippen molar-refractivity contribution in [3.63, 3.8) is 0 Å². The van der Waals surface area contributed by atoms with Gasteiger partial charge >= 0.3 is 0 Å². The number of nitrogens with two attached hydrogens (primary N) is 1. The van der Waals surface area contributed by atoms with Crippen LogP contribution < -0.4 is 10.5 Å². The van der Waals surface area contributed by atoms with Crippen LogP contribution in [0.1, 0.15) is 31.1 Å². The zero-order valence-electron chi connectivity index (χ0n) is 18.6. The Hall–Kier alpha value is -2.79. The Morgan fingerprint density at radius 2 is 2.06 bits per heavy atom. The number of aryl methyl sites for hydroxylation is 1. The van der Waals surface area contributed by atoms with E-state index in [1.807, 2.05) is 49.1 Å². The van der Waals surface area contributed by atoms with Crippen LogP contribution in [0.25, 0.3) is 11.1 Å². The average Bonchev–Trinajstić information content (AvgIpc) is 3.23. The number of nitriles is 1. The van der Waals surface area contributed by atoms with Gasteiger partial charge in [0, 0.05) is 59.7 Å². The number of nitrogen functional groups attached to an aromatic ring is 1. The summed E-state index contributed by atoms with van der Waals surface area (Å²) in [6, 6.07) is 7.82. The normalized spacial score (nSPS) is 15.1. The highest BCUT2D eigenvalue weighted by atomic mass is 35.5. The van der Waals surface area contributed by atoms with Crippen molar-refractivity contribution in [2.24, 2.45) is 5.92 Å². The van der Waals surface area contributed by atoms with Gasteiger partial charge in [0.1, 0.15) is 6.10 Å². The van der Waals surface area contributed by atoms with Gasteiger partial charge in [0.15, 0.2) is 11.6 Å². The molecule has 3 heterocycles. The molecule has 7 nitrogen and oxygen atoms in total. The van der Waals surface area contributed by atoms with E-state index >= 15 is 0 Å². The molecule has 33 heavy (non-hydrogen) atoms. The summed E-state index contributed by atoms with van der Waals surface area (Å²) in [5.74, 6) is 1.26. The molecule has 0 radical (unpaired) electrons. The zero-order valence-corrected chi connectivity index (χ0v) is 20.1. The van der Waals surface area contributed by atoms with Gasteiger partial charge in [-0.2, -0.15) is 10.4 Å². The molecular formula is C24H26Cl2N6O. The Kier molecular flexibility index (Phi) is 7.08. The monoisotopic (exact) mass is 484 g/mol. The minimum Gasteiger partial charge on any atom is -0.482 e. The standard InChI is InChI=1S/C24H26Cl2N6O/c1-3-17-4-5-20(25)22(23(17)26)15(2)33-21-8-18(9-29-24(21)28)19-10-30-32(14-19)13-16-11-31(12-16)7-6-27/h4-5,8-10,14-16H,3,7,11-13H2,1-2H3,(H2,28,29). The zero-order chi connectivity index (χ0) is 23.5. The summed E-state index contributed by atoms with van der Waals surface area (Å²) in [5, 5.41) is 14.4. The van der Waals surface area contributed by atoms with E-state index in [4.69, 9.17) is 38.9 Å². The molecule has 2 aromatic heterocycles. The molecule has 1 aliphatic rings. The van der Waals surface area contributed by atoms with E-state index in [1.165, 1.54) is 0 Å². The lowest BCUT2D eigenvalue weighted by molar-refractivity contribution is 0.101. The Bertz CT molecular complexity index is 1180. The third-order valence-corrected chi connectivity index (χ3v) is 6.69. The third kappa shape index (κ3) is 5.09. The van der Waals surface area contributed by atoms with Crippen molar-refractivity contribution >= 4 is 29.0 Å². The fraction of sp³-hybridized carbons (Fsp3) is 0.375. The fourth-order valence-corrected chi connectivity index (χ4v) is 4.93. The molecule has 1 saturated heterocycles. The van der Waals surface area contributed by atoms with E-state index in [1.54, 1.807) is 6.20 Å². The molecule has 1 unspecified atom stereocenters. The third-order valence-electron chi connectivity index (χ3n) is 5.92. The number of halogens is 2. The first-order valence-corrected chi connectivity index (χ1v) is 11.7. The minimum atomic E-state index is -0.409. The van der Waals surface area contributed by atoms with Gasteiger partial charge < -0.3 is 10.5 Å². The number of ether oxygens (including phenoxy) is 1. The van der Waals surface area contributed by atoms with Crippen LogP contribution in [0.2, 0.25) is 10.0 Å². The topological polar surface area (TPSA) is 93.0 Å². The molecule has 0 amide bonds. The number of nitrogens with zero attached hydrogens (tertiary/aromatic N) is 5. The molecule has 0 spiro atoms. The van der Waals surface area contributed by atoms with Crippen LogP contribution in [0.5, 0.6) is 5.75 Å². The van der Waals surface area contributed by atoms with Crippen LogP contribution in [0, 0.1) is 17.2 Å². The Morgan fingerprint density at radius 3 is 2.79 bits per heavy atom. The van der Waals surface area contributed by atoms with Crippen LogP contribution in [-0.2, 0) is 13.0 Å². The number of aromatic nitrogens is 3. The molecule has 9 heteroatoms. The molecule has 1 aliphatic heterocycles. The molecule has 0 saturated carbocycles. The smallest absolute Gasteiger partial charge is 0.166 e. The van der Waals surface area contributed by atoms with Gasteiger partial charge in [0.2, 0.25) is 0 Å². The van der Waals surface area contributed by atoms with Crippen molar-refractivity contribution in [1.82, 2.24) is 19.7 Å². The molecule has 2 N–H and O–H groups in total. The first kappa shape index (κ1) is 23.4. The lowest BCUT2D eigenvalue weighted by atomic mass is 10.0. The maximum atomic E-state index is 8.77. The van der Waals surface area contributed by atoms with E-state index in [0.29, 0.717) is 34.1 Å². The molecule has 3 aromatic rings. The lowest BCUT2D eigenvalue weighted by Gasteiger charge is -2.37. The van der Waals surface area contributed by atoms with Gasteiger partial charge in [-0.1, -0.05) is 36.2 Å². The van der Waals surface area contributed by atoms with Gasteiger partial charge in [-0.25, -0.2) is 4.98 Å². The predicted molar refractivity (Wildman–Crippen MR) is 130 cm³/mol. The molecule has 1 aromatic carbocycles. The van der Waals surface area contributed by atoms with Crippen LogP contribution in [-0.4, -0.2) is 39.3 Å². The van der Waals surface area contributed by atoms with Gasteiger partial charge in [-0.3, -0.25) is 9.58 Å². The van der Waals surface area contributed by atoms with Crippen LogP contribution in [0.15, 0.2) is 36.8 Å². The summed E-state index contributed by atoms with van der Waals surface area (Å²) < 4.78 is 8.10. The average molecular weight is 485 g/mol. The SMILES string of the molecule is CCc1ccc(Cl)c(C(C)Oc2cc(-c3cnn(CC4CN(CC#N)C4)c3)cnc2N)c1Cl. The Balaban J connectivity index is 1.49. The van der Waals surface area contributed by atoms with Crippen LogP contribution in [0.3, 0.4) is 0 Å². The number of anilines is 1. The molecule has 1 fully saturated rings. The van der Waals surface area contributed by atoms with Crippen molar-refractivity contribution < 1.29 is 4.74 Å². The van der Waals surface area contributed by atoms with Gasteiger partial charge in [-0.15, -0.1) is 0 Å². The maximum Gasteiger partial charge on any atom is 0.166 e.